The molecule has 0 saturated carbocycles. The Kier molecular flexibility index (Phi) is 8.17. The molecule has 44 heavy (non-hydrogen) atoms. The van der Waals surface area contributed by atoms with Gasteiger partial charge in [0.15, 0.2) is 0 Å². The molecule has 0 atom stereocenters. The van der Waals surface area contributed by atoms with Gasteiger partial charge in [-0.3, -0.25) is 4.90 Å². The topological polar surface area (TPSA) is 29.0 Å². The zero-order valence-electron chi connectivity index (χ0n) is 26.5. The van der Waals surface area contributed by atoms with Gasteiger partial charge in [0.25, 0.3) is 0 Å². The molecule has 0 radical (unpaired) electrons. The summed E-state index contributed by atoms with van der Waals surface area (Å²) in [5.41, 5.74) is 16.3. The Labute approximate surface area is 262 Å². The van der Waals surface area contributed by atoms with Crippen LogP contribution in [0.15, 0.2) is 122 Å². The van der Waals surface area contributed by atoms with Gasteiger partial charge in [-0.05, 0) is 71.4 Å². The number of anilines is 3. The minimum Gasteiger partial charge on any atom is -0.279 e. The van der Waals surface area contributed by atoms with Crippen molar-refractivity contribution in [3.05, 3.63) is 155 Å². The Morgan fingerprint density at radius 2 is 1.02 bits per heavy atom. The maximum Gasteiger partial charge on any atom is 0.242 e. The van der Waals surface area contributed by atoms with E-state index in [9.17, 15) is 0 Å². The zero-order valence-corrected chi connectivity index (χ0v) is 26.5. The first-order valence-electron chi connectivity index (χ1n) is 15.3. The van der Waals surface area contributed by atoms with Crippen molar-refractivity contribution in [1.29, 1.82) is 0 Å². The molecule has 1 heterocycles. The molecule has 0 bridgehead atoms. The van der Waals surface area contributed by atoms with Crippen LogP contribution in [0, 0.1) is 41.5 Å². The predicted octanol–water partition coefficient (Wildman–Crippen LogP) is 7.98. The van der Waals surface area contributed by atoms with Crippen LogP contribution in [-0.4, -0.2) is 16.7 Å². The van der Waals surface area contributed by atoms with Crippen molar-refractivity contribution in [2.75, 3.05) is 4.90 Å². The summed E-state index contributed by atoms with van der Waals surface area (Å²) in [6.45, 7) is 13.5. The average molecular weight is 572 g/mol. The van der Waals surface area contributed by atoms with Gasteiger partial charge in [0, 0.05) is 23.6 Å². The first-order chi connectivity index (χ1) is 21.3. The van der Waals surface area contributed by atoms with Crippen molar-refractivity contribution < 1.29 is 0 Å². The summed E-state index contributed by atoms with van der Waals surface area (Å²) in [5.74, 6) is 0.635. The molecule has 0 amide bonds. The fourth-order valence-corrected chi connectivity index (χ4v) is 6.89. The van der Waals surface area contributed by atoms with Gasteiger partial charge in [0.05, 0.1) is 5.69 Å². The quantitative estimate of drug-likeness (QED) is 0.182. The smallest absolute Gasteiger partial charge is 0.242 e. The lowest BCUT2D eigenvalue weighted by Gasteiger charge is -2.27. The normalized spacial score (nSPS) is 11.0. The Morgan fingerprint density at radius 3 is 1.57 bits per heavy atom. The van der Waals surface area contributed by atoms with Crippen molar-refractivity contribution in [3.8, 4) is 11.1 Å². The van der Waals surface area contributed by atoms with Gasteiger partial charge in [-0.15, -0.1) is 0 Å². The SMILES string of the molecule is Cc1cc(C)c(B(c2ccc(N(c3ncccn3)c3ccccc3-c3ccccc3)cc2)c2c(C)cc(C)cc2C)c(C)c1. The first-order valence-corrected chi connectivity index (χ1v) is 15.3. The third kappa shape index (κ3) is 5.68. The lowest BCUT2D eigenvalue weighted by molar-refractivity contribution is 1.08. The second kappa shape index (κ2) is 12.3. The third-order valence-corrected chi connectivity index (χ3v) is 8.52. The van der Waals surface area contributed by atoms with Crippen LogP contribution >= 0.6 is 0 Å². The molecule has 0 aliphatic carbocycles. The molecule has 216 valence electrons. The summed E-state index contributed by atoms with van der Waals surface area (Å²) in [4.78, 5) is 11.6. The number of nitrogens with zero attached hydrogens (tertiary/aromatic N) is 3. The molecule has 0 aliphatic heterocycles. The van der Waals surface area contributed by atoms with Gasteiger partial charge < -0.3 is 0 Å². The molecule has 0 N–H and O–H groups in total. The van der Waals surface area contributed by atoms with Gasteiger partial charge in [-0.25, -0.2) is 9.97 Å². The summed E-state index contributed by atoms with van der Waals surface area (Å²) < 4.78 is 0. The highest BCUT2D eigenvalue weighted by Gasteiger charge is 2.29. The molecule has 0 fully saturated rings. The molecule has 3 nitrogen and oxygen atoms in total. The third-order valence-electron chi connectivity index (χ3n) is 8.52. The van der Waals surface area contributed by atoms with E-state index in [0.717, 1.165) is 22.5 Å². The number of para-hydroxylation sites is 1. The van der Waals surface area contributed by atoms with E-state index >= 15 is 0 Å². The lowest BCUT2D eigenvalue weighted by Crippen LogP contribution is -2.55. The largest absolute Gasteiger partial charge is 0.279 e. The minimum atomic E-state index is 0.114. The van der Waals surface area contributed by atoms with E-state index in [4.69, 9.17) is 9.97 Å². The van der Waals surface area contributed by atoms with Gasteiger partial charge in [0.2, 0.25) is 12.7 Å². The summed E-state index contributed by atoms with van der Waals surface area (Å²) in [7, 11) is 0. The Hall–Kier alpha value is -4.96. The molecule has 4 heteroatoms. The fraction of sp³-hybridized carbons (Fsp3) is 0.150. The highest BCUT2D eigenvalue weighted by atomic mass is 15.3. The Balaban J connectivity index is 1.53. The van der Waals surface area contributed by atoms with Crippen LogP contribution in [-0.2, 0) is 0 Å². The molecule has 5 aromatic carbocycles. The number of rotatable bonds is 7. The standard InChI is InChI=1S/C40H38BN3/c1-27-23-29(3)38(30(4)24-27)41(39-31(5)25-28(2)26-32(39)6)34-17-19-35(20-18-34)44(40-42-21-12-22-43-40)37-16-11-10-15-36(37)33-13-8-7-9-14-33/h7-26H,1-6H3. The maximum atomic E-state index is 4.70. The van der Waals surface area contributed by atoms with E-state index in [2.05, 4.69) is 144 Å². The van der Waals surface area contributed by atoms with Crippen LogP contribution in [0.3, 0.4) is 0 Å². The second-order valence-corrected chi connectivity index (χ2v) is 11.9. The number of hydrogen-bond donors (Lipinski definition) is 0. The number of benzene rings is 5. The average Bonchev–Trinajstić information content (AvgIpc) is 3.01. The number of aryl methyl sites for hydroxylation is 6. The molecular formula is C40H38BN3. The highest BCUT2D eigenvalue weighted by molar-refractivity contribution is 6.96. The zero-order chi connectivity index (χ0) is 30.8. The van der Waals surface area contributed by atoms with Crippen molar-refractivity contribution in [3.63, 3.8) is 0 Å². The van der Waals surface area contributed by atoms with Crippen LogP contribution in [0.25, 0.3) is 11.1 Å². The fourth-order valence-electron chi connectivity index (χ4n) is 6.89. The van der Waals surface area contributed by atoms with Crippen molar-refractivity contribution >= 4 is 40.4 Å². The van der Waals surface area contributed by atoms with Crippen LogP contribution in [0.5, 0.6) is 0 Å². The van der Waals surface area contributed by atoms with Crippen LogP contribution in [0.1, 0.15) is 33.4 Å². The van der Waals surface area contributed by atoms with Gasteiger partial charge >= 0.3 is 0 Å². The van der Waals surface area contributed by atoms with Crippen molar-refractivity contribution in [1.82, 2.24) is 9.97 Å². The number of aromatic nitrogens is 2. The second-order valence-electron chi connectivity index (χ2n) is 11.9. The monoisotopic (exact) mass is 571 g/mol. The van der Waals surface area contributed by atoms with Crippen molar-refractivity contribution in [2.45, 2.75) is 41.5 Å². The summed E-state index contributed by atoms with van der Waals surface area (Å²) >= 11 is 0. The van der Waals surface area contributed by atoms with Crippen molar-refractivity contribution in [2.24, 2.45) is 0 Å². The maximum absolute atomic E-state index is 4.70. The molecule has 6 aromatic rings. The van der Waals surface area contributed by atoms with E-state index in [1.165, 1.54) is 49.8 Å². The molecule has 0 spiro atoms. The van der Waals surface area contributed by atoms with E-state index in [0.29, 0.717) is 5.95 Å². The van der Waals surface area contributed by atoms with Crippen LogP contribution in [0.2, 0.25) is 0 Å². The molecular weight excluding hydrogens is 533 g/mol. The van der Waals surface area contributed by atoms with E-state index in [-0.39, 0.29) is 6.71 Å². The summed E-state index contributed by atoms with van der Waals surface area (Å²) in [5, 5.41) is 0. The van der Waals surface area contributed by atoms with E-state index in [1.807, 2.05) is 12.1 Å². The first kappa shape index (κ1) is 29.1. The van der Waals surface area contributed by atoms with E-state index < -0.39 is 0 Å². The molecule has 0 unspecified atom stereocenters. The van der Waals surface area contributed by atoms with Gasteiger partial charge in [0.1, 0.15) is 0 Å². The van der Waals surface area contributed by atoms with Crippen LogP contribution in [0.4, 0.5) is 17.3 Å². The highest BCUT2D eigenvalue weighted by Crippen LogP contribution is 2.38. The van der Waals surface area contributed by atoms with Gasteiger partial charge in [-0.2, -0.15) is 0 Å². The number of hydrogen-bond acceptors (Lipinski definition) is 3. The Morgan fingerprint density at radius 1 is 0.523 bits per heavy atom. The molecule has 0 saturated heterocycles. The summed E-state index contributed by atoms with van der Waals surface area (Å²) in [6.07, 6.45) is 3.60. The molecule has 0 aliphatic rings. The molecule has 6 rings (SSSR count). The Bertz CT molecular complexity index is 1810. The predicted molar refractivity (Wildman–Crippen MR) is 188 cm³/mol. The minimum absolute atomic E-state index is 0.114. The lowest BCUT2D eigenvalue weighted by atomic mass is 9.34. The van der Waals surface area contributed by atoms with Crippen LogP contribution < -0.4 is 21.3 Å². The van der Waals surface area contributed by atoms with E-state index in [1.54, 1.807) is 12.4 Å². The molecule has 1 aromatic heterocycles. The van der Waals surface area contributed by atoms with Gasteiger partial charge in [-0.1, -0.05) is 135 Å². The summed E-state index contributed by atoms with van der Waals surface area (Å²) in [6, 6.07) is 39.1.